The van der Waals surface area contributed by atoms with Gasteiger partial charge in [0, 0.05) is 12.3 Å². The maximum atomic E-state index is 12.2. The van der Waals surface area contributed by atoms with Crippen LogP contribution in [0.2, 0.25) is 10.0 Å². The Morgan fingerprint density at radius 2 is 1.81 bits per heavy atom. The number of rotatable bonds is 6. The van der Waals surface area contributed by atoms with Gasteiger partial charge < -0.3 is 14.4 Å². The third-order valence-corrected chi connectivity index (χ3v) is 5.05. The van der Waals surface area contributed by atoms with Crippen LogP contribution in [0.5, 0.6) is 5.75 Å². The van der Waals surface area contributed by atoms with Crippen molar-refractivity contribution >= 4 is 23.2 Å². The van der Waals surface area contributed by atoms with E-state index in [0.717, 1.165) is 5.56 Å². The summed E-state index contributed by atoms with van der Waals surface area (Å²) in [7, 11) is 0. The number of pyridine rings is 1. The van der Waals surface area contributed by atoms with Crippen LogP contribution >= 0.6 is 23.2 Å². The SMILES string of the molecule is Cc1c(OCc2ccccc2)c(=O)ccn1C[C@H](O)c1ccc(Cl)c(Cl)c1. The zero-order valence-corrected chi connectivity index (χ0v) is 16.2. The molecule has 4 nitrogen and oxygen atoms in total. The number of aliphatic hydroxyl groups excluding tert-OH is 1. The Balaban J connectivity index is 1.79. The highest BCUT2D eigenvalue weighted by atomic mass is 35.5. The van der Waals surface area contributed by atoms with Crippen molar-refractivity contribution in [2.75, 3.05) is 0 Å². The molecule has 0 aliphatic heterocycles. The maximum Gasteiger partial charge on any atom is 0.223 e. The van der Waals surface area contributed by atoms with Gasteiger partial charge in [0.1, 0.15) is 6.61 Å². The van der Waals surface area contributed by atoms with E-state index in [4.69, 9.17) is 27.9 Å². The first kappa shape index (κ1) is 19.5. The summed E-state index contributed by atoms with van der Waals surface area (Å²) in [5, 5.41) is 11.4. The van der Waals surface area contributed by atoms with E-state index < -0.39 is 6.10 Å². The minimum Gasteiger partial charge on any atom is -0.483 e. The standard InChI is InChI=1S/C21H19Cl2NO3/c1-14-21(27-13-15-5-3-2-4-6-15)19(25)9-10-24(14)12-20(26)16-7-8-17(22)18(23)11-16/h2-11,20,26H,12-13H2,1H3/t20-/m0/s1. The van der Waals surface area contributed by atoms with Crippen LogP contribution in [0.15, 0.2) is 65.6 Å². The van der Waals surface area contributed by atoms with Gasteiger partial charge in [-0.05, 0) is 30.2 Å². The quantitative estimate of drug-likeness (QED) is 0.644. The van der Waals surface area contributed by atoms with Gasteiger partial charge in [0.15, 0.2) is 5.75 Å². The number of aromatic nitrogens is 1. The van der Waals surface area contributed by atoms with Crippen LogP contribution in [-0.2, 0) is 13.2 Å². The van der Waals surface area contributed by atoms with Crippen LogP contribution in [-0.4, -0.2) is 9.67 Å². The lowest BCUT2D eigenvalue weighted by atomic mass is 10.1. The molecule has 140 valence electrons. The van der Waals surface area contributed by atoms with Gasteiger partial charge in [-0.25, -0.2) is 0 Å². The van der Waals surface area contributed by atoms with Crippen LogP contribution in [0.3, 0.4) is 0 Å². The van der Waals surface area contributed by atoms with E-state index in [-0.39, 0.29) is 17.7 Å². The smallest absolute Gasteiger partial charge is 0.223 e. The molecule has 1 aromatic heterocycles. The summed E-state index contributed by atoms with van der Waals surface area (Å²) in [6, 6.07) is 16.1. The number of ether oxygens (including phenoxy) is 1. The van der Waals surface area contributed by atoms with Gasteiger partial charge in [0.05, 0.1) is 28.4 Å². The molecule has 0 aliphatic carbocycles. The predicted octanol–water partition coefficient (Wildman–Crippen LogP) is 4.78. The van der Waals surface area contributed by atoms with Crippen molar-refractivity contribution in [3.63, 3.8) is 0 Å². The fourth-order valence-electron chi connectivity index (χ4n) is 2.77. The molecule has 0 amide bonds. The van der Waals surface area contributed by atoms with Gasteiger partial charge in [-0.2, -0.15) is 0 Å². The molecule has 3 rings (SSSR count). The zero-order chi connectivity index (χ0) is 19.4. The zero-order valence-electron chi connectivity index (χ0n) is 14.7. The summed E-state index contributed by atoms with van der Waals surface area (Å²) in [4.78, 5) is 12.2. The topological polar surface area (TPSA) is 51.5 Å². The minimum absolute atomic E-state index is 0.191. The Hall–Kier alpha value is -2.27. The van der Waals surface area contributed by atoms with E-state index in [9.17, 15) is 9.90 Å². The molecule has 1 N–H and O–H groups in total. The molecule has 1 heterocycles. The first-order chi connectivity index (χ1) is 13.0. The number of aliphatic hydroxyl groups is 1. The molecule has 0 radical (unpaired) electrons. The van der Waals surface area contributed by atoms with E-state index in [1.807, 2.05) is 30.3 Å². The molecule has 0 fully saturated rings. The molecule has 0 saturated heterocycles. The normalized spacial score (nSPS) is 12.0. The third kappa shape index (κ3) is 4.72. The molecule has 3 aromatic rings. The lowest BCUT2D eigenvalue weighted by Crippen LogP contribution is -2.17. The highest BCUT2D eigenvalue weighted by Gasteiger charge is 2.14. The van der Waals surface area contributed by atoms with Crippen molar-refractivity contribution in [3.05, 3.63) is 97.9 Å². The third-order valence-electron chi connectivity index (χ3n) is 4.31. The van der Waals surface area contributed by atoms with Crippen molar-refractivity contribution < 1.29 is 9.84 Å². The monoisotopic (exact) mass is 403 g/mol. The largest absolute Gasteiger partial charge is 0.483 e. The van der Waals surface area contributed by atoms with Crippen LogP contribution in [0.1, 0.15) is 22.9 Å². The summed E-state index contributed by atoms with van der Waals surface area (Å²) in [5.74, 6) is 0.280. The predicted molar refractivity (Wildman–Crippen MR) is 108 cm³/mol. The Morgan fingerprint density at radius 3 is 2.52 bits per heavy atom. The molecular weight excluding hydrogens is 385 g/mol. The fourth-order valence-corrected chi connectivity index (χ4v) is 3.07. The van der Waals surface area contributed by atoms with Crippen molar-refractivity contribution in [3.8, 4) is 5.75 Å². The Labute approximate surface area is 167 Å². The number of nitrogens with zero attached hydrogens (tertiary/aromatic N) is 1. The Morgan fingerprint density at radius 1 is 1.07 bits per heavy atom. The summed E-state index contributed by atoms with van der Waals surface area (Å²) in [6.45, 7) is 2.35. The van der Waals surface area contributed by atoms with E-state index >= 15 is 0 Å². The highest BCUT2D eigenvalue weighted by molar-refractivity contribution is 6.42. The van der Waals surface area contributed by atoms with E-state index in [1.54, 1.807) is 35.9 Å². The van der Waals surface area contributed by atoms with Crippen LogP contribution in [0.4, 0.5) is 0 Å². The van der Waals surface area contributed by atoms with E-state index in [2.05, 4.69) is 0 Å². The van der Waals surface area contributed by atoms with Crippen molar-refractivity contribution in [1.29, 1.82) is 0 Å². The second kappa shape index (κ2) is 8.61. The van der Waals surface area contributed by atoms with Gasteiger partial charge in [-0.3, -0.25) is 4.79 Å². The average molecular weight is 404 g/mol. The van der Waals surface area contributed by atoms with E-state index in [0.29, 0.717) is 27.9 Å². The van der Waals surface area contributed by atoms with E-state index in [1.165, 1.54) is 6.07 Å². The number of hydrogen-bond acceptors (Lipinski definition) is 3. The van der Waals surface area contributed by atoms with Gasteiger partial charge in [-0.15, -0.1) is 0 Å². The Bertz CT molecular complexity index is 986. The first-order valence-corrected chi connectivity index (χ1v) is 9.21. The van der Waals surface area contributed by atoms with Gasteiger partial charge in [-0.1, -0.05) is 59.6 Å². The molecule has 0 aliphatic rings. The Kier molecular flexibility index (Phi) is 6.22. The van der Waals surface area contributed by atoms with Crippen molar-refractivity contribution in [1.82, 2.24) is 4.57 Å². The van der Waals surface area contributed by atoms with Gasteiger partial charge >= 0.3 is 0 Å². The highest BCUT2D eigenvalue weighted by Crippen LogP contribution is 2.27. The molecule has 0 unspecified atom stereocenters. The lowest BCUT2D eigenvalue weighted by Gasteiger charge is -2.18. The number of halogens is 2. The summed E-state index contributed by atoms with van der Waals surface area (Å²) >= 11 is 12.0. The second-order valence-electron chi connectivity index (χ2n) is 6.21. The molecule has 0 bridgehead atoms. The molecule has 6 heteroatoms. The molecule has 1 atom stereocenters. The average Bonchev–Trinajstić information content (AvgIpc) is 2.67. The molecule has 0 spiro atoms. The van der Waals surface area contributed by atoms with Crippen LogP contribution in [0.25, 0.3) is 0 Å². The first-order valence-electron chi connectivity index (χ1n) is 8.45. The summed E-state index contributed by atoms with van der Waals surface area (Å²) < 4.78 is 7.55. The summed E-state index contributed by atoms with van der Waals surface area (Å²) in [5.41, 5.74) is 2.08. The fraction of sp³-hybridized carbons (Fsp3) is 0.190. The maximum absolute atomic E-state index is 12.2. The molecule has 27 heavy (non-hydrogen) atoms. The number of hydrogen-bond donors (Lipinski definition) is 1. The molecular formula is C21H19Cl2NO3. The second-order valence-corrected chi connectivity index (χ2v) is 7.02. The minimum atomic E-state index is -0.803. The van der Waals surface area contributed by atoms with Gasteiger partial charge in [0.2, 0.25) is 5.43 Å². The van der Waals surface area contributed by atoms with Gasteiger partial charge in [0.25, 0.3) is 0 Å². The van der Waals surface area contributed by atoms with Crippen molar-refractivity contribution in [2.24, 2.45) is 0 Å². The molecule has 2 aromatic carbocycles. The number of benzene rings is 2. The van der Waals surface area contributed by atoms with Crippen LogP contribution < -0.4 is 10.2 Å². The van der Waals surface area contributed by atoms with Crippen molar-refractivity contribution in [2.45, 2.75) is 26.2 Å². The van der Waals surface area contributed by atoms with Crippen LogP contribution in [0, 0.1) is 6.92 Å². The lowest BCUT2D eigenvalue weighted by molar-refractivity contribution is 0.154. The molecule has 0 saturated carbocycles. The summed E-state index contributed by atoms with van der Waals surface area (Å²) in [6.07, 6.45) is 0.844.